The molecule has 3 rings (SSSR count). The average molecular weight is 327 g/mol. The molecule has 0 amide bonds. The van der Waals surface area contributed by atoms with Gasteiger partial charge in [-0.2, -0.15) is 4.98 Å². The molecule has 6 nitrogen and oxygen atoms in total. The van der Waals surface area contributed by atoms with Crippen molar-refractivity contribution in [1.82, 2.24) is 19.9 Å². The molecule has 23 heavy (non-hydrogen) atoms. The van der Waals surface area contributed by atoms with Gasteiger partial charge in [0.05, 0.1) is 24.5 Å². The molecule has 0 saturated carbocycles. The second kappa shape index (κ2) is 7.02. The van der Waals surface area contributed by atoms with Crippen LogP contribution in [0, 0.1) is 0 Å². The van der Waals surface area contributed by atoms with Crippen LogP contribution in [0.25, 0.3) is 0 Å². The van der Waals surface area contributed by atoms with E-state index >= 15 is 0 Å². The van der Waals surface area contributed by atoms with Gasteiger partial charge >= 0.3 is 0 Å². The molecule has 0 aliphatic carbocycles. The van der Waals surface area contributed by atoms with Gasteiger partial charge in [0.2, 0.25) is 5.95 Å². The van der Waals surface area contributed by atoms with E-state index in [-0.39, 0.29) is 5.95 Å². The molecule has 2 N–H and O–H groups in total. The maximum absolute atomic E-state index is 6.01. The number of anilines is 2. The third-order valence-corrected chi connectivity index (χ3v) is 3.37. The lowest BCUT2D eigenvalue weighted by atomic mass is 10.3. The molecule has 0 saturated heterocycles. The first-order chi connectivity index (χ1) is 11.2. The minimum Gasteiger partial charge on any atom is -0.368 e. The van der Waals surface area contributed by atoms with E-state index in [1.54, 1.807) is 18.5 Å². The van der Waals surface area contributed by atoms with Gasteiger partial charge in [0.25, 0.3) is 0 Å². The van der Waals surface area contributed by atoms with Crippen LogP contribution in [0.15, 0.2) is 54.9 Å². The van der Waals surface area contributed by atoms with Gasteiger partial charge in [-0.15, -0.1) is 0 Å². The summed E-state index contributed by atoms with van der Waals surface area (Å²) in [5.41, 5.74) is 7.55. The van der Waals surface area contributed by atoms with Gasteiger partial charge in [0, 0.05) is 18.5 Å². The van der Waals surface area contributed by atoms with Crippen LogP contribution in [0.1, 0.15) is 11.4 Å². The van der Waals surface area contributed by atoms with Gasteiger partial charge in [0.15, 0.2) is 0 Å². The molecule has 3 heterocycles. The number of aromatic nitrogens is 4. The van der Waals surface area contributed by atoms with Gasteiger partial charge in [-0.3, -0.25) is 9.97 Å². The normalized spacial score (nSPS) is 10.5. The molecule has 0 aromatic carbocycles. The highest BCUT2D eigenvalue weighted by molar-refractivity contribution is 6.29. The molecular formula is C16H15ClN6. The number of hydrogen-bond acceptors (Lipinski definition) is 6. The first kappa shape index (κ1) is 15.2. The predicted octanol–water partition coefficient (Wildman–Crippen LogP) is 2.71. The van der Waals surface area contributed by atoms with E-state index in [2.05, 4.69) is 19.9 Å². The molecule has 3 aromatic heterocycles. The molecule has 116 valence electrons. The van der Waals surface area contributed by atoms with Crippen LogP contribution < -0.4 is 10.6 Å². The zero-order valence-electron chi connectivity index (χ0n) is 12.3. The highest BCUT2D eigenvalue weighted by atomic mass is 35.5. The van der Waals surface area contributed by atoms with Crippen molar-refractivity contribution in [2.75, 3.05) is 10.6 Å². The smallest absolute Gasteiger partial charge is 0.223 e. The Bertz CT molecular complexity index is 704. The first-order valence-electron chi connectivity index (χ1n) is 7.05. The Labute approximate surface area is 139 Å². The summed E-state index contributed by atoms with van der Waals surface area (Å²) in [6.45, 7) is 1.12. The maximum atomic E-state index is 6.01. The monoisotopic (exact) mass is 326 g/mol. The van der Waals surface area contributed by atoms with Crippen LogP contribution in [-0.2, 0) is 13.1 Å². The van der Waals surface area contributed by atoms with Crippen molar-refractivity contribution in [3.05, 3.63) is 71.4 Å². The van der Waals surface area contributed by atoms with Crippen LogP contribution in [0.5, 0.6) is 0 Å². The zero-order chi connectivity index (χ0) is 16.1. The van der Waals surface area contributed by atoms with Gasteiger partial charge in [0.1, 0.15) is 11.0 Å². The van der Waals surface area contributed by atoms with E-state index < -0.39 is 0 Å². The Morgan fingerprint density at radius 2 is 1.52 bits per heavy atom. The van der Waals surface area contributed by atoms with E-state index in [9.17, 15) is 0 Å². The largest absolute Gasteiger partial charge is 0.368 e. The third kappa shape index (κ3) is 4.14. The minimum atomic E-state index is 0.138. The Hall–Kier alpha value is -2.73. The summed E-state index contributed by atoms with van der Waals surface area (Å²) < 4.78 is 0. The van der Waals surface area contributed by atoms with Crippen molar-refractivity contribution in [1.29, 1.82) is 0 Å². The van der Waals surface area contributed by atoms with E-state index in [0.717, 1.165) is 11.4 Å². The van der Waals surface area contributed by atoms with Crippen LogP contribution in [-0.4, -0.2) is 19.9 Å². The first-order valence-corrected chi connectivity index (χ1v) is 7.43. The fourth-order valence-corrected chi connectivity index (χ4v) is 2.36. The number of nitrogens with zero attached hydrogens (tertiary/aromatic N) is 5. The standard InChI is InChI=1S/C16H15ClN6/c17-14-9-15(22-16(18)21-14)23(10-12-5-1-3-7-19-12)11-13-6-2-4-8-20-13/h1-9H,10-11H2,(H2,18,21,22). The molecule has 0 fully saturated rings. The summed E-state index contributed by atoms with van der Waals surface area (Å²) in [5.74, 6) is 0.776. The maximum Gasteiger partial charge on any atom is 0.223 e. The summed E-state index contributed by atoms with van der Waals surface area (Å²) in [4.78, 5) is 18.9. The highest BCUT2D eigenvalue weighted by Crippen LogP contribution is 2.20. The average Bonchev–Trinajstić information content (AvgIpc) is 2.55. The fourth-order valence-electron chi connectivity index (χ4n) is 2.18. The summed E-state index contributed by atoms with van der Waals surface area (Å²) >= 11 is 6.01. The Morgan fingerprint density at radius 3 is 2.00 bits per heavy atom. The van der Waals surface area contributed by atoms with Gasteiger partial charge < -0.3 is 10.6 Å². The Kier molecular flexibility index (Phi) is 4.63. The predicted molar refractivity (Wildman–Crippen MR) is 89.8 cm³/mol. The summed E-state index contributed by atoms with van der Waals surface area (Å²) in [6.07, 6.45) is 3.52. The molecule has 0 spiro atoms. The van der Waals surface area contributed by atoms with E-state index in [4.69, 9.17) is 17.3 Å². The number of rotatable bonds is 5. The molecule has 0 atom stereocenters. The molecular weight excluding hydrogens is 312 g/mol. The van der Waals surface area contributed by atoms with Gasteiger partial charge in [-0.05, 0) is 24.3 Å². The van der Waals surface area contributed by atoms with Crippen LogP contribution in [0.2, 0.25) is 5.15 Å². The zero-order valence-corrected chi connectivity index (χ0v) is 13.1. The second-order valence-corrected chi connectivity index (χ2v) is 5.29. The van der Waals surface area contributed by atoms with Crippen molar-refractivity contribution in [2.45, 2.75) is 13.1 Å². The third-order valence-electron chi connectivity index (χ3n) is 3.18. The van der Waals surface area contributed by atoms with Crippen molar-refractivity contribution < 1.29 is 0 Å². The molecule has 0 aliphatic rings. The topological polar surface area (TPSA) is 80.8 Å². The molecule has 0 unspecified atom stereocenters. The van der Waals surface area contributed by atoms with Crippen LogP contribution >= 0.6 is 11.6 Å². The second-order valence-electron chi connectivity index (χ2n) is 4.91. The van der Waals surface area contributed by atoms with E-state index in [1.807, 2.05) is 41.3 Å². The molecule has 0 aliphatic heterocycles. The highest BCUT2D eigenvalue weighted by Gasteiger charge is 2.13. The number of nitrogens with two attached hydrogens (primary N) is 1. The van der Waals surface area contributed by atoms with Crippen LogP contribution in [0.4, 0.5) is 11.8 Å². The van der Waals surface area contributed by atoms with E-state index in [1.165, 1.54) is 0 Å². The Morgan fingerprint density at radius 1 is 0.913 bits per heavy atom. The molecule has 7 heteroatoms. The summed E-state index contributed by atoms with van der Waals surface area (Å²) in [7, 11) is 0. The lowest BCUT2D eigenvalue weighted by Crippen LogP contribution is -2.24. The number of halogens is 1. The van der Waals surface area contributed by atoms with E-state index in [0.29, 0.717) is 24.1 Å². The molecule has 0 bridgehead atoms. The van der Waals surface area contributed by atoms with Gasteiger partial charge in [-0.1, -0.05) is 23.7 Å². The lowest BCUT2D eigenvalue weighted by molar-refractivity contribution is 0.751. The Balaban J connectivity index is 1.92. The SMILES string of the molecule is Nc1nc(Cl)cc(N(Cc2ccccn2)Cc2ccccn2)n1. The summed E-state index contributed by atoms with van der Waals surface area (Å²) in [6, 6.07) is 13.3. The van der Waals surface area contributed by atoms with Gasteiger partial charge in [-0.25, -0.2) is 4.98 Å². The fraction of sp³-hybridized carbons (Fsp3) is 0.125. The van der Waals surface area contributed by atoms with Crippen molar-refractivity contribution in [3.8, 4) is 0 Å². The van der Waals surface area contributed by atoms with Crippen LogP contribution in [0.3, 0.4) is 0 Å². The lowest BCUT2D eigenvalue weighted by Gasteiger charge is -2.23. The summed E-state index contributed by atoms with van der Waals surface area (Å²) in [5, 5.41) is 0.305. The van der Waals surface area contributed by atoms with Crippen molar-refractivity contribution in [3.63, 3.8) is 0 Å². The quantitative estimate of drug-likeness (QED) is 0.726. The molecule has 0 radical (unpaired) electrons. The number of pyridine rings is 2. The molecule has 3 aromatic rings. The minimum absolute atomic E-state index is 0.138. The van der Waals surface area contributed by atoms with Crippen molar-refractivity contribution in [2.24, 2.45) is 0 Å². The number of hydrogen-bond donors (Lipinski definition) is 1. The van der Waals surface area contributed by atoms with Crippen molar-refractivity contribution >= 4 is 23.4 Å². The number of nitrogen functional groups attached to an aromatic ring is 1.